The average Bonchev–Trinajstić information content (AvgIpc) is 3.33. The molecule has 2 atom stereocenters. The molecule has 0 spiro atoms. The number of pyridine rings is 1. The number of tetrazole rings is 1. The summed E-state index contributed by atoms with van der Waals surface area (Å²) in [5, 5.41) is 29.3. The number of aromatic amines is 1. The number of hydrogen-bond acceptors (Lipinski definition) is 7. The molecule has 3 heterocycles. The van der Waals surface area contributed by atoms with Crippen molar-refractivity contribution in [3.05, 3.63) is 36.5 Å². The number of rotatable bonds is 4. The highest BCUT2D eigenvalue weighted by molar-refractivity contribution is 7.82. The molecule has 9 nitrogen and oxygen atoms in total. The molecule has 10 heteroatoms. The van der Waals surface area contributed by atoms with E-state index in [4.69, 9.17) is 5.14 Å². The monoisotopic (exact) mass is 371 g/mol. The van der Waals surface area contributed by atoms with Crippen LogP contribution < -0.4 is 10.0 Å². The van der Waals surface area contributed by atoms with Gasteiger partial charge in [0.25, 0.3) is 0 Å². The number of nitrogens with one attached hydrogen (secondary N) is 1. The quantitative estimate of drug-likeness (QED) is 0.607. The van der Waals surface area contributed by atoms with Gasteiger partial charge in [0.1, 0.15) is 16.8 Å². The smallest absolute Gasteiger partial charge is 0.206 e. The Labute approximate surface area is 151 Å². The van der Waals surface area contributed by atoms with Crippen LogP contribution in [0, 0.1) is 0 Å². The fraction of sp³-hybridized carbons (Fsp3) is 0.250. The largest absolute Gasteiger partial charge is 0.391 e. The first-order valence-electron chi connectivity index (χ1n) is 8.06. The van der Waals surface area contributed by atoms with Gasteiger partial charge in [-0.25, -0.2) is 14.3 Å². The second-order valence-corrected chi connectivity index (χ2v) is 7.04. The predicted molar refractivity (Wildman–Crippen MR) is 96.3 cm³/mol. The summed E-state index contributed by atoms with van der Waals surface area (Å²) in [7, 11) is -1.70. The van der Waals surface area contributed by atoms with Crippen molar-refractivity contribution in [2.24, 2.45) is 5.14 Å². The van der Waals surface area contributed by atoms with Crippen LogP contribution in [-0.2, 0) is 11.0 Å². The average molecular weight is 371 g/mol. The van der Waals surface area contributed by atoms with Gasteiger partial charge in [0, 0.05) is 30.4 Å². The lowest BCUT2D eigenvalue weighted by Gasteiger charge is -2.17. The van der Waals surface area contributed by atoms with E-state index in [1.54, 1.807) is 18.3 Å². The number of anilines is 1. The molecule has 1 aromatic carbocycles. The molecule has 2 aromatic heterocycles. The molecular formula is C16H17N7O2S. The molecule has 134 valence electrons. The molecule has 1 aliphatic heterocycles. The summed E-state index contributed by atoms with van der Waals surface area (Å²) >= 11 is 0. The van der Waals surface area contributed by atoms with Crippen LogP contribution in [0.1, 0.15) is 6.42 Å². The highest BCUT2D eigenvalue weighted by atomic mass is 32.2. The maximum absolute atomic E-state index is 12.0. The van der Waals surface area contributed by atoms with Crippen molar-refractivity contribution in [2.45, 2.75) is 17.4 Å². The van der Waals surface area contributed by atoms with Gasteiger partial charge >= 0.3 is 0 Å². The number of aromatic nitrogens is 5. The molecule has 1 fully saturated rings. The van der Waals surface area contributed by atoms with Crippen molar-refractivity contribution in [1.29, 1.82) is 0 Å². The van der Waals surface area contributed by atoms with Crippen LogP contribution in [0.4, 0.5) is 5.82 Å². The number of benzene rings is 1. The van der Waals surface area contributed by atoms with Crippen molar-refractivity contribution in [1.82, 2.24) is 25.6 Å². The van der Waals surface area contributed by atoms with Gasteiger partial charge in [-0.1, -0.05) is 12.1 Å². The third-order valence-corrected chi connectivity index (χ3v) is 5.13. The van der Waals surface area contributed by atoms with Gasteiger partial charge in [0.15, 0.2) is 0 Å². The standard InChI is InChI=1S/C16H17N7O2S/c17-26(25)13-3-1-2-12(15(13)16-19-21-22-20-16)10-4-5-14(18-8-10)23-7-6-11(24)9-23/h1-5,8,11,24H,6-7,9,17H2,(H,19,20,21,22). The van der Waals surface area contributed by atoms with Gasteiger partial charge in [0.05, 0.1) is 11.0 Å². The molecule has 0 aliphatic carbocycles. The van der Waals surface area contributed by atoms with E-state index in [1.165, 1.54) is 0 Å². The molecule has 1 saturated heterocycles. The van der Waals surface area contributed by atoms with E-state index in [1.807, 2.05) is 23.1 Å². The lowest BCUT2D eigenvalue weighted by Crippen LogP contribution is -2.21. The topological polar surface area (TPSA) is 134 Å². The van der Waals surface area contributed by atoms with Crippen molar-refractivity contribution in [3.8, 4) is 22.5 Å². The van der Waals surface area contributed by atoms with E-state index < -0.39 is 11.0 Å². The Hall–Kier alpha value is -2.69. The second-order valence-electron chi connectivity index (χ2n) is 6.01. The Morgan fingerprint density at radius 3 is 2.81 bits per heavy atom. The maximum atomic E-state index is 12.0. The fourth-order valence-electron chi connectivity index (χ4n) is 3.12. The highest BCUT2D eigenvalue weighted by Crippen LogP contribution is 2.34. The molecule has 4 rings (SSSR count). The molecule has 0 amide bonds. The zero-order valence-corrected chi connectivity index (χ0v) is 14.6. The second kappa shape index (κ2) is 6.90. The van der Waals surface area contributed by atoms with Gasteiger partial charge < -0.3 is 10.0 Å². The number of nitrogens with two attached hydrogens (primary N) is 1. The van der Waals surface area contributed by atoms with Gasteiger partial charge in [-0.2, -0.15) is 5.21 Å². The van der Waals surface area contributed by atoms with Crippen LogP contribution >= 0.6 is 0 Å². The summed E-state index contributed by atoms with van der Waals surface area (Å²) < 4.78 is 12.0. The summed E-state index contributed by atoms with van der Waals surface area (Å²) in [5.41, 5.74) is 2.15. The van der Waals surface area contributed by atoms with Crippen molar-refractivity contribution in [2.75, 3.05) is 18.0 Å². The molecular weight excluding hydrogens is 354 g/mol. The summed E-state index contributed by atoms with van der Waals surface area (Å²) in [6, 6.07) is 9.16. The van der Waals surface area contributed by atoms with Crippen LogP contribution in [-0.4, -0.2) is 54.1 Å². The summed E-state index contributed by atoms with van der Waals surface area (Å²) in [6.07, 6.45) is 2.18. The fourth-order valence-corrected chi connectivity index (χ4v) is 3.74. The van der Waals surface area contributed by atoms with E-state index in [2.05, 4.69) is 25.6 Å². The van der Waals surface area contributed by atoms with Crippen molar-refractivity contribution >= 4 is 16.8 Å². The Bertz CT molecular complexity index is 930. The van der Waals surface area contributed by atoms with Gasteiger partial charge in [0.2, 0.25) is 5.82 Å². The first kappa shape index (κ1) is 16.8. The van der Waals surface area contributed by atoms with Gasteiger partial charge in [-0.3, -0.25) is 0 Å². The summed E-state index contributed by atoms with van der Waals surface area (Å²) in [4.78, 5) is 6.98. The van der Waals surface area contributed by atoms with Crippen molar-refractivity contribution in [3.63, 3.8) is 0 Å². The highest BCUT2D eigenvalue weighted by Gasteiger charge is 2.22. The molecule has 4 N–H and O–H groups in total. The number of β-amino-alcohol motifs (C(OH)–C–C–N with tert-alkyl or cyclic N) is 1. The normalized spacial score (nSPS) is 18.2. The third kappa shape index (κ3) is 3.09. The minimum absolute atomic E-state index is 0.308. The first-order chi connectivity index (χ1) is 12.6. The Morgan fingerprint density at radius 1 is 1.31 bits per heavy atom. The number of hydrogen-bond donors (Lipinski definition) is 3. The molecule has 0 bridgehead atoms. The Kier molecular flexibility index (Phi) is 4.45. The van der Waals surface area contributed by atoms with Crippen LogP contribution in [0.2, 0.25) is 0 Å². The zero-order chi connectivity index (χ0) is 18.1. The zero-order valence-electron chi connectivity index (χ0n) is 13.7. The van der Waals surface area contributed by atoms with E-state index in [0.29, 0.717) is 22.8 Å². The predicted octanol–water partition coefficient (Wildman–Crippen LogP) is 0.481. The summed E-state index contributed by atoms with van der Waals surface area (Å²) in [6.45, 7) is 1.37. The van der Waals surface area contributed by atoms with E-state index in [0.717, 1.165) is 29.9 Å². The third-order valence-electron chi connectivity index (χ3n) is 4.36. The minimum Gasteiger partial charge on any atom is -0.391 e. The SMILES string of the molecule is NS(=O)c1cccc(-c2ccc(N3CCC(O)C3)nc2)c1-c1nn[nH]n1. The first-order valence-corrected chi connectivity index (χ1v) is 9.27. The van der Waals surface area contributed by atoms with Crippen molar-refractivity contribution < 1.29 is 9.32 Å². The molecule has 0 saturated carbocycles. The summed E-state index contributed by atoms with van der Waals surface area (Å²) in [5.74, 6) is 1.13. The van der Waals surface area contributed by atoms with Crippen LogP contribution in [0.3, 0.4) is 0 Å². The van der Waals surface area contributed by atoms with Gasteiger partial charge in [-0.15, -0.1) is 10.2 Å². The van der Waals surface area contributed by atoms with Crippen LogP contribution in [0.25, 0.3) is 22.5 Å². The maximum Gasteiger partial charge on any atom is 0.206 e. The molecule has 2 unspecified atom stereocenters. The Morgan fingerprint density at radius 2 is 2.19 bits per heavy atom. The molecule has 3 aromatic rings. The minimum atomic E-state index is -1.70. The lowest BCUT2D eigenvalue weighted by atomic mass is 10.0. The lowest BCUT2D eigenvalue weighted by molar-refractivity contribution is 0.198. The van der Waals surface area contributed by atoms with Crippen LogP contribution in [0.15, 0.2) is 41.4 Å². The number of H-pyrrole nitrogens is 1. The molecule has 0 radical (unpaired) electrons. The van der Waals surface area contributed by atoms with E-state index in [9.17, 15) is 9.32 Å². The number of aliphatic hydroxyl groups excluding tert-OH is 1. The number of nitrogens with zero attached hydrogens (tertiary/aromatic N) is 5. The Balaban J connectivity index is 1.76. The number of aliphatic hydroxyl groups is 1. The van der Waals surface area contributed by atoms with E-state index >= 15 is 0 Å². The molecule has 26 heavy (non-hydrogen) atoms. The van der Waals surface area contributed by atoms with E-state index in [-0.39, 0.29) is 6.10 Å². The van der Waals surface area contributed by atoms with Crippen LogP contribution in [0.5, 0.6) is 0 Å². The molecule has 1 aliphatic rings. The van der Waals surface area contributed by atoms with Gasteiger partial charge in [-0.05, 0) is 35.4 Å².